The number of anilines is 1. The van der Waals surface area contributed by atoms with E-state index in [1.807, 2.05) is 63.2 Å². The van der Waals surface area contributed by atoms with E-state index in [1.165, 1.54) is 4.90 Å². The quantitative estimate of drug-likeness (QED) is 0.483. The van der Waals surface area contributed by atoms with Crippen molar-refractivity contribution in [1.82, 2.24) is 15.0 Å². The molecule has 1 aliphatic carbocycles. The number of benzene rings is 2. The van der Waals surface area contributed by atoms with Crippen molar-refractivity contribution in [2.24, 2.45) is 5.92 Å². The molecule has 0 radical (unpaired) electrons. The highest BCUT2D eigenvalue weighted by molar-refractivity contribution is 6.17. The van der Waals surface area contributed by atoms with E-state index in [1.54, 1.807) is 4.90 Å². The minimum atomic E-state index is -0.331. The van der Waals surface area contributed by atoms with Crippen LogP contribution >= 0.6 is 0 Å². The van der Waals surface area contributed by atoms with E-state index in [0.717, 1.165) is 48.1 Å². The van der Waals surface area contributed by atoms with E-state index in [4.69, 9.17) is 9.26 Å². The van der Waals surface area contributed by atoms with Crippen molar-refractivity contribution in [2.45, 2.75) is 59.0 Å². The van der Waals surface area contributed by atoms with E-state index >= 15 is 0 Å². The van der Waals surface area contributed by atoms with Crippen LogP contribution in [-0.4, -0.2) is 39.6 Å². The van der Waals surface area contributed by atoms with Gasteiger partial charge in [0.1, 0.15) is 12.3 Å². The monoisotopic (exact) mass is 474 g/mol. The van der Waals surface area contributed by atoms with Gasteiger partial charge in [-0.15, -0.1) is 0 Å². The van der Waals surface area contributed by atoms with Crippen LogP contribution in [-0.2, 0) is 11.3 Å². The lowest BCUT2D eigenvalue weighted by molar-refractivity contribution is -0.127. The summed E-state index contributed by atoms with van der Waals surface area (Å²) in [5, 5.41) is 4.12. The van der Waals surface area contributed by atoms with Gasteiger partial charge in [0, 0.05) is 11.6 Å². The van der Waals surface area contributed by atoms with Crippen molar-refractivity contribution in [3.63, 3.8) is 0 Å². The van der Waals surface area contributed by atoms with Crippen molar-refractivity contribution < 1.29 is 18.8 Å². The van der Waals surface area contributed by atoms with Crippen LogP contribution in [0, 0.1) is 19.8 Å². The highest BCUT2D eigenvalue weighted by atomic mass is 16.5. The van der Waals surface area contributed by atoms with Crippen LogP contribution in [0.5, 0.6) is 5.75 Å². The highest BCUT2D eigenvalue weighted by Gasteiger charge is 2.48. The van der Waals surface area contributed by atoms with Gasteiger partial charge in [0.05, 0.1) is 18.2 Å². The summed E-state index contributed by atoms with van der Waals surface area (Å²) in [6, 6.07) is 12.7. The van der Waals surface area contributed by atoms with Crippen molar-refractivity contribution in [2.75, 3.05) is 11.5 Å². The Hall–Kier alpha value is -3.68. The zero-order valence-corrected chi connectivity index (χ0v) is 20.4. The number of rotatable bonds is 6. The van der Waals surface area contributed by atoms with Gasteiger partial charge in [-0.05, 0) is 81.1 Å². The molecule has 182 valence electrons. The third-order valence-corrected chi connectivity index (χ3v) is 7.05. The van der Waals surface area contributed by atoms with Crippen LogP contribution in [0.3, 0.4) is 0 Å². The lowest BCUT2D eigenvalue weighted by atomic mass is 9.81. The molecular formula is C27H30N4O4. The number of carbonyl (C=O) groups is 2. The minimum Gasteiger partial charge on any atom is -0.494 e. The van der Waals surface area contributed by atoms with Gasteiger partial charge in [0.15, 0.2) is 0 Å². The number of imide groups is 1. The molecule has 0 N–H and O–H groups in total. The molecule has 3 amide bonds. The second-order valence-corrected chi connectivity index (χ2v) is 9.28. The summed E-state index contributed by atoms with van der Waals surface area (Å²) in [7, 11) is 0. The maximum atomic E-state index is 13.7. The first-order valence-corrected chi connectivity index (χ1v) is 12.2. The average Bonchev–Trinajstić information content (AvgIpc) is 3.33. The van der Waals surface area contributed by atoms with Gasteiger partial charge in [-0.1, -0.05) is 24.1 Å². The molecule has 2 aromatic carbocycles. The number of nitrogens with zero attached hydrogens (tertiary/aromatic N) is 4. The van der Waals surface area contributed by atoms with E-state index in [0.29, 0.717) is 24.0 Å². The topological polar surface area (TPSA) is 88.8 Å². The van der Waals surface area contributed by atoms with Crippen LogP contribution in [0.15, 0.2) is 47.0 Å². The predicted molar refractivity (Wildman–Crippen MR) is 131 cm³/mol. The summed E-state index contributed by atoms with van der Waals surface area (Å²) in [6.45, 7) is 6.70. The molecule has 3 aromatic rings. The molecule has 5 rings (SSSR count). The first-order valence-electron chi connectivity index (χ1n) is 12.2. The lowest BCUT2D eigenvalue weighted by Crippen LogP contribution is -2.62. The molecule has 2 fully saturated rings. The molecule has 2 aliphatic rings. The van der Waals surface area contributed by atoms with E-state index in [9.17, 15) is 9.59 Å². The Balaban J connectivity index is 1.42. The predicted octanol–water partition coefficient (Wildman–Crippen LogP) is 5.28. The normalized spacial score (nSPS) is 20.2. The summed E-state index contributed by atoms with van der Waals surface area (Å²) in [6.07, 6.45) is 3.54. The largest absolute Gasteiger partial charge is 0.494 e. The number of fused-ring (bicyclic) bond motifs is 1. The van der Waals surface area contributed by atoms with Crippen LogP contribution in [0.2, 0.25) is 0 Å². The smallest absolute Gasteiger partial charge is 0.332 e. The number of carbonyl (C=O) groups excluding carboxylic acids is 2. The van der Waals surface area contributed by atoms with E-state index < -0.39 is 0 Å². The molecule has 2 heterocycles. The van der Waals surface area contributed by atoms with Crippen LogP contribution in [0.4, 0.5) is 10.5 Å². The summed E-state index contributed by atoms with van der Waals surface area (Å²) in [4.78, 5) is 34.8. The van der Waals surface area contributed by atoms with Crippen LogP contribution in [0.25, 0.3) is 11.4 Å². The minimum absolute atomic E-state index is 0.111. The first kappa shape index (κ1) is 23.1. The summed E-state index contributed by atoms with van der Waals surface area (Å²) in [5.41, 5.74) is 3.57. The summed E-state index contributed by atoms with van der Waals surface area (Å²) < 4.78 is 11.0. The van der Waals surface area contributed by atoms with Gasteiger partial charge in [0.25, 0.3) is 0 Å². The Labute approximate surface area is 204 Å². The lowest BCUT2D eigenvalue weighted by Gasteiger charge is -2.46. The van der Waals surface area contributed by atoms with Crippen molar-refractivity contribution in [3.05, 3.63) is 59.5 Å². The average molecular weight is 475 g/mol. The zero-order chi connectivity index (χ0) is 24.5. The van der Waals surface area contributed by atoms with Crippen molar-refractivity contribution in [1.29, 1.82) is 0 Å². The summed E-state index contributed by atoms with van der Waals surface area (Å²) >= 11 is 0. The third-order valence-electron chi connectivity index (χ3n) is 7.05. The standard InChI is InChI=1S/C27H30N4O4/c1-4-34-21-13-10-19(11-14-21)25-28-24(35-29-25)16-30-23-8-6-5-7-22(23)26(32)31(27(30)33)20-12-9-17(2)18(3)15-20/h9-15,22-23H,4-8,16H2,1-3H3. The SMILES string of the molecule is CCOc1ccc(-c2noc(CN3C(=O)N(c4ccc(C)c(C)c4)C(=O)C4CCCCC43)n2)cc1. The molecule has 2 unspecified atom stereocenters. The number of amides is 3. The molecule has 8 heteroatoms. The Morgan fingerprint density at radius 3 is 2.54 bits per heavy atom. The van der Waals surface area contributed by atoms with Gasteiger partial charge >= 0.3 is 6.03 Å². The first-order chi connectivity index (χ1) is 17.0. The van der Waals surface area contributed by atoms with Gasteiger partial charge in [-0.2, -0.15) is 4.98 Å². The molecule has 35 heavy (non-hydrogen) atoms. The third kappa shape index (κ3) is 4.40. The second-order valence-electron chi connectivity index (χ2n) is 9.28. The van der Waals surface area contributed by atoms with Crippen molar-refractivity contribution in [3.8, 4) is 17.1 Å². The molecule has 1 aromatic heterocycles. The zero-order valence-electron chi connectivity index (χ0n) is 20.4. The molecule has 0 bridgehead atoms. The molecule has 1 saturated carbocycles. The molecule has 8 nitrogen and oxygen atoms in total. The number of urea groups is 1. The van der Waals surface area contributed by atoms with Gasteiger partial charge < -0.3 is 14.2 Å². The van der Waals surface area contributed by atoms with Gasteiger partial charge in [-0.25, -0.2) is 9.69 Å². The number of aromatic nitrogens is 2. The molecule has 1 aliphatic heterocycles. The molecule has 1 saturated heterocycles. The fraction of sp³-hybridized carbons (Fsp3) is 0.407. The Morgan fingerprint density at radius 2 is 1.80 bits per heavy atom. The number of hydrogen-bond acceptors (Lipinski definition) is 6. The summed E-state index contributed by atoms with van der Waals surface area (Å²) in [5.74, 6) is 1.24. The van der Waals surface area contributed by atoms with Crippen molar-refractivity contribution >= 4 is 17.6 Å². The maximum Gasteiger partial charge on any atom is 0.332 e. The molecule has 0 spiro atoms. The number of hydrogen-bond donors (Lipinski definition) is 0. The Bertz CT molecular complexity index is 1240. The van der Waals surface area contributed by atoms with Crippen LogP contribution in [0.1, 0.15) is 49.6 Å². The van der Waals surface area contributed by atoms with E-state index in [-0.39, 0.29) is 30.4 Å². The Morgan fingerprint density at radius 1 is 1.03 bits per heavy atom. The van der Waals surface area contributed by atoms with Crippen LogP contribution < -0.4 is 9.64 Å². The van der Waals surface area contributed by atoms with Gasteiger partial charge in [0.2, 0.25) is 17.6 Å². The number of aryl methyl sites for hydroxylation is 2. The fourth-order valence-electron chi connectivity index (χ4n) is 5.04. The molecule has 2 atom stereocenters. The second kappa shape index (κ2) is 9.52. The van der Waals surface area contributed by atoms with E-state index in [2.05, 4.69) is 10.1 Å². The number of ether oxygens (including phenoxy) is 1. The molecular weight excluding hydrogens is 444 g/mol. The van der Waals surface area contributed by atoms with Gasteiger partial charge in [-0.3, -0.25) is 4.79 Å². The highest BCUT2D eigenvalue weighted by Crippen LogP contribution is 2.37. The Kier molecular flexibility index (Phi) is 6.28. The maximum absolute atomic E-state index is 13.7. The fourth-order valence-corrected chi connectivity index (χ4v) is 5.04.